The second-order valence-corrected chi connectivity index (χ2v) is 5.34. The minimum absolute atomic E-state index is 0.259. The molecule has 0 saturated heterocycles. The number of benzene rings is 1. The van der Waals surface area contributed by atoms with Crippen molar-refractivity contribution in [2.45, 2.75) is 13.8 Å². The van der Waals surface area contributed by atoms with E-state index >= 15 is 0 Å². The van der Waals surface area contributed by atoms with Gasteiger partial charge in [0.2, 0.25) is 0 Å². The lowest BCUT2D eigenvalue weighted by Gasteiger charge is -2.09. The molecular formula is C13H11BrClN3O. The summed E-state index contributed by atoms with van der Waals surface area (Å²) in [5.41, 5.74) is 2.55. The second-order valence-electron chi connectivity index (χ2n) is 4.08. The summed E-state index contributed by atoms with van der Waals surface area (Å²) in [6.07, 6.45) is 2.99. The highest BCUT2D eigenvalue weighted by Gasteiger charge is 2.11. The van der Waals surface area contributed by atoms with Crippen molar-refractivity contribution in [1.82, 2.24) is 9.97 Å². The standard InChI is InChI=1S/C13H11BrClN3O/c1-7-3-9(14)11(4-10(7)15)18-13(19)12-6-16-8(2)5-17-12/h3-6H,1-2H3,(H,18,19). The van der Waals surface area contributed by atoms with Crippen LogP contribution in [0, 0.1) is 13.8 Å². The van der Waals surface area contributed by atoms with E-state index in [1.165, 1.54) is 6.20 Å². The summed E-state index contributed by atoms with van der Waals surface area (Å²) >= 11 is 9.42. The van der Waals surface area contributed by atoms with Crippen molar-refractivity contribution in [1.29, 1.82) is 0 Å². The number of rotatable bonds is 2. The van der Waals surface area contributed by atoms with Crippen LogP contribution in [-0.4, -0.2) is 15.9 Å². The molecule has 1 aromatic carbocycles. The molecule has 0 aliphatic heterocycles. The van der Waals surface area contributed by atoms with Crippen LogP contribution in [-0.2, 0) is 0 Å². The van der Waals surface area contributed by atoms with Crippen molar-refractivity contribution in [3.63, 3.8) is 0 Å². The molecule has 0 fully saturated rings. The second kappa shape index (κ2) is 5.67. The first-order valence-corrected chi connectivity index (χ1v) is 6.70. The van der Waals surface area contributed by atoms with Crippen LogP contribution >= 0.6 is 27.5 Å². The average Bonchev–Trinajstić information content (AvgIpc) is 2.36. The third-order valence-electron chi connectivity index (χ3n) is 2.51. The zero-order valence-corrected chi connectivity index (χ0v) is 12.7. The molecule has 1 aromatic heterocycles. The summed E-state index contributed by atoms with van der Waals surface area (Å²) in [7, 11) is 0. The number of nitrogens with one attached hydrogen (secondary N) is 1. The number of amides is 1. The largest absolute Gasteiger partial charge is 0.320 e. The molecule has 0 unspecified atom stereocenters. The molecular weight excluding hydrogens is 330 g/mol. The molecule has 19 heavy (non-hydrogen) atoms. The monoisotopic (exact) mass is 339 g/mol. The van der Waals surface area contributed by atoms with Crippen LogP contribution in [0.5, 0.6) is 0 Å². The van der Waals surface area contributed by atoms with Crippen molar-refractivity contribution in [3.8, 4) is 0 Å². The fraction of sp³-hybridized carbons (Fsp3) is 0.154. The van der Waals surface area contributed by atoms with Gasteiger partial charge < -0.3 is 5.32 Å². The molecule has 6 heteroatoms. The Bertz CT molecular complexity index is 629. The Morgan fingerprint density at radius 2 is 2.00 bits per heavy atom. The highest BCUT2D eigenvalue weighted by molar-refractivity contribution is 9.10. The van der Waals surface area contributed by atoms with Gasteiger partial charge in [0.05, 0.1) is 17.6 Å². The quantitative estimate of drug-likeness (QED) is 0.905. The number of aryl methyl sites for hydroxylation is 2. The Balaban J connectivity index is 2.24. The van der Waals surface area contributed by atoms with E-state index in [2.05, 4.69) is 31.2 Å². The third kappa shape index (κ3) is 3.30. The van der Waals surface area contributed by atoms with Crippen molar-refractivity contribution in [2.24, 2.45) is 0 Å². The van der Waals surface area contributed by atoms with Crippen LogP contribution in [0.25, 0.3) is 0 Å². The topological polar surface area (TPSA) is 54.9 Å². The SMILES string of the molecule is Cc1cnc(C(=O)Nc2cc(Cl)c(C)cc2Br)cn1. The average molecular weight is 341 g/mol. The number of nitrogens with zero attached hydrogens (tertiary/aromatic N) is 2. The van der Waals surface area contributed by atoms with Crippen LogP contribution in [0.15, 0.2) is 29.0 Å². The molecule has 2 aromatic rings. The van der Waals surface area contributed by atoms with Gasteiger partial charge in [0.1, 0.15) is 5.69 Å². The van der Waals surface area contributed by atoms with Gasteiger partial charge in [-0.25, -0.2) is 4.98 Å². The van der Waals surface area contributed by atoms with Crippen LogP contribution in [0.1, 0.15) is 21.7 Å². The highest BCUT2D eigenvalue weighted by Crippen LogP contribution is 2.29. The van der Waals surface area contributed by atoms with E-state index < -0.39 is 0 Å². The van der Waals surface area contributed by atoms with E-state index in [-0.39, 0.29) is 11.6 Å². The summed E-state index contributed by atoms with van der Waals surface area (Å²) in [4.78, 5) is 20.1. The Morgan fingerprint density at radius 1 is 1.26 bits per heavy atom. The number of anilines is 1. The van der Waals surface area contributed by atoms with Crippen molar-refractivity contribution < 1.29 is 4.79 Å². The molecule has 0 bridgehead atoms. The summed E-state index contributed by atoms with van der Waals surface area (Å²) in [5, 5.41) is 3.33. The molecule has 0 saturated carbocycles. The normalized spacial score (nSPS) is 10.3. The van der Waals surface area contributed by atoms with E-state index in [4.69, 9.17) is 11.6 Å². The van der Waals surface area contributed by atoms with Crippen LogP contribution < -0.4 is 5.32 Å². The smallest absolute Gasteiger partial charge is 0.275 e. The number of carbonyl (C=O) groups is 1. The zero-order valence-electron chi connectivity index (χ0n) is 10.4. The molecule has 2 rings (SSSR count). The number of hydrogen-bond acceptors (Lipinski definition) is 3. The first-order chi connectivity index (χ1) is 8.97. The Morgan fingerprint density at radius 3 is 2.63 bits per heavy atom. The first kappa shape index (κ1) is 14.0. The predicted octanol–water partition coefficient (Wildman–Crippen LogP) is 3.76. The first-order valence-electron chi connectivity index (χ1n) is 5.53. The van der Waals surface area contributed by atoms with Gasteiger partial charge in [-0.2, -0.15) is 0 Å². The Kier molecular flexibility index (Phi) is 4.17. The van der Waals surface area contributed by atoms with E-state index in [0.717, 1.165) is 15.7 Å². The molecule has 0 aliphatic rings. The van der Waals surface area contributed by atoms with Crippen LogP contribution in [0.2, 0.25) is 5.02 Å². The number of carbonyl (C=O) groups excluding carboxylic acids is 1. The molecule has 1 amide bonds. The maximum atomic E-state index is 12.0. The molecule has 0 aliphatic carbocycles. The fourth-order valence-electron chi connectivity index (χ4n) is 1.44. The molecule has 0 atom stereocenters. The zero-order chi connectivity index (χ0) is 14.0. The number of aromatic nitrogens is 2. The van der Waals surface area contributed by atoms with Gasteiger partial charge >= 0.3 is 0 Å². The lowest BCUT2D eigenvalue weighted by molar-refractivity contribution is 0.102. The van der Waals surface area contributed by atoms with Gasteiger partial charge in [0.15, 0.2) is 0 Å². The molecule has 0 spiro atoms. The van der Waals surface area contributed by atoms with Crippen molar-refractivity contribution in [2.75, 3.05) is 5.32 Å². The van der Waals surface area contributed by atoms with E-state index in [1.54, 1.807) is 12.3 Å². The molecule has 1 heterocycles. The minimum Gasteiger partial charge on any atom is -0.320 e. The maximum absolute atomic E-state index is 12.0. The van der Waals surface area contributed by atoms with Gasteiger partial charge in [-0.1, -0.05) is 11.6 Å². The van der Waals surface area contributed by atoms with Crippen molar-refractivity contribution >= 4 is 39.1 Å². The lowest BCUT2D eigenvalue weighted by Crippen LogP contribution is -2.14. The van der Waals surface area contributed by atoms with E-state index in [1.807, 2.05) is 19.9 Å². The van der Waals surface area contributed by atoms with E-state index in [9.17, 15) is 4.79 Å². The summed E-state index contributed by atoms with van der Waals surface area (Å²) in [6.45, 7) is 3.70. The number of halogens is 2. The lowest BCUT2D eigenvalue weighted by atomic mass is 10.2. The predicted molar refractivity (Wildman–Crippen MR) is 78.6 cm³/mol. The van der Waals surface area contributed by atoms with Crippen LogP contribution in [0.4, 0.5) is 5.69 Å². The Hall–Kier alpha value is -1.46. The molecule has 98 valence electrons. The van der Waals surface area contributed by atoms with E-state index in [0.29, 0.717) is 10.7 Å². The molecule has 1 N–H and O–H groups in total. The van der Waals surface area contributed by atoms with Gasteiger partial charge in [-0.3, -0.25) is 9.78 Å². The van der Waals surface area contributed by atoms with Gasteiger partial charge in [0.25, 0.3) is 5.91 Å². The number of hydrogen-bond donors (Lipinski definition) is 1. The summed E-state index contributed by atoms with van der Waals surface area (Å²) in [5.74, 6) is -0.326. The minimum atomic E-state index is -0.326. The third-order valence-corrected chi connectivity index (χ3v) is 3.57. The summed E-state index contributed by atoms with van der Waals surface area (Å²) in [6, 6.07) is 3.54. The van der Waals surface area contributed by atoms with Crippen molar-refractivity contribution in [3.05, 3.63) is 51.0 Å². The van der Waals surface area contributed by atoms with Gasteiger partial charge in [0, 0.05) is 15.7 Å². The highest BCUT2D eigenvalue weighted by atomic mass is 79.9. The summed E-state index contributed by atoms with van der Waals surface area (Å²) < 4.78 is 0.767. The fourth-order valence-corrected chi connectivity index (χ4v) is 2.16. The van der Waals surface area contributed by atoms with Crippen LogP contribution in [0.3, 0.4) is 0 Å². The van der Waals surface area contributed by atoms with Gasteiger partial charge in [-0.15, -0.1) is 0 Å². The molecule has 4 nitrogen and oxygen atoms in total. The molecule has 0 radical (unpaired) electrons. The Labute approximate surface area is 124 Å². The maximum Gasteiger partial charge on any atom is 0.275 e. The van der Waals surface area contributed by atoms with Gasteiger partial charge in [-0.05, 0) is 47.5 Å².